The van der Waals surface area contributed by atoms with E-state index in [0.29, 0.717) is 0 Å². The van der Waals surface area contributed by atoms with Crippen LogP contribution in [-0.2, 0) is 9.59 Å². The molecule has 4 nitrogen and oxygen atoms in total. The van der Waals surface area contributed by atoms with Gasteiger partial charge in [-0.25, -0.2) is 19.6 Å². The molecule has 0 radical (unpaired) electrons. The molecule has 0 amide bonds. The van der Waals surface area contributed by atoms with Crippen molar-refractivity contribution in [2.24, 2.45) is 21.3 Å². The average molecular weight is 208 g/mol. The van der Waals surface area contributed by atoms with Crippen LogP contribution < -0.4 is 0 Å². The molecule has 15 heavy (non-hydrogen) atoms. The average Bonchev–Trinajstić information content (AvgIpc) is 2.17. The number of hydrogen-bond donors (Lipinski definition) is 0. The highest BCUT2D eigenvalue weighted by molar-refractivity contribution is 5.35. The Morgan fingerprint density at radius 1 is 1.20 bits per heavy atom. The Morgan fingerprint density at radius 3 is 2.33 bits per heavy atom. The highest BCUT2D eigenvalue weighted by Crippen LogP contribution is 2.41. The second-order valence-electron chi connectivity index (χ2n) is 4.84. The van der Waals surface area contributed by atoms with Crippen molar-refractivity contribution in [3.8, 4) is 0 Å². The molecule has 0 aromatic carbocycles. The summed E-state index contributed by atoms with van der Waals surface area (Å²) in [5.41, 5.74) is -0.0221. The Labute approximate surface area is 89.5 Å². The molecule has 0 heterocycles. The molecule has 0 saturated heterocycles. The van der Waals surface area contributed by atoms with Gasteiger partial charge in [-0.1, -0.05) is 20.8 Å². The number of hydrogen-bond acceptors (Lipinski definition) is 4. The van der Waals surface area contributed by atoms with E-state index in [2.05, 4.69) is 23.8 Å². The van der Waals surface area contributed by atoms with Gasteiger partial charge in [0, 0.05) is 5.92 Å². The summed E-state index contributed by atoms with van der Waals surface area (Å²) in [5, 5.41) is 0. The van der Waals surface area contributed by atoms with Gasteiger partial charge in [0.1, 0.15) is 0 Å². The summed E-state index contributed by atoms with van der Waals surface area (Å²) < 4.78 is 0. The van der Waals surface area contributed by atoms with Gasteiger partial charge in [-0.15, -0.1) is 0 Å². The first-order chi connectivity index (χ1) is 7.03. The molecule has 0 spiro atoms. The molecular formula is C11H16N2O2. The smallest absolute Gasteiger partial charge is 0.211 e. The minimum absolute atomic E-state index is 0.0221. The molecule has 1 aliphatic rings. The monoisotopic (exact) mass is 208 g/mol. The number of carbonyl (C=O) groups excluding carboxylic acids is 2. The molecular weight excluding hydrogens is 192 g/mol. The van der Waals surface area contributed by atoms with Crippen LogP contribution in [0.1, 0.15) is 33.6 Å². The lowest BCUT2D eigenvalue weighted by atomic mass is 9.67. The van der Waals surface area contributed by atoms with Crippen LogP contribution in [0.5, 0.6) is 0 Å². The maximum absolute atomic E-state index is 10.4. The van der Waals surface area contributed by atoms with E-state index < -0.39 is 0 Å². The Balaban J connectivity index is 2.95. The van der Waals surface area contributed by atoms with Crippen LogP contribution >= 0.6 is 0 Å². The zero-order chi connectivity index (χ0) is 11.5. The quantitative estimate of drug-likeness (QED) is 0.513. The molecule has 4 heteroatoms. The maximum Gasteiger partial charge on any atom is 0.235 e. The minimum Gasteiger partial charge on any atom is -0.211 e. The largest absolute Gasteiger partial charge is 0.235 e. The van der Waals surface area contributed by atoms with E-state index in [1.165, 1.54) is 0 Å². The van der Waals surface area contributed by atoms with Gasteiger partial charge in [0.25, 0.3) is 0 Å². The zero-order valence-corrected chi connectivity index (χ0v) is 9.36. The molecule has 0 aliphatic heterocycles. The summed E-state index contributed by atoms with van der Waals surface area (Å²) in [6.07, 6.45) is 4.97. The van der Waals surface area contributed by atoms with Crippen molar-refractivity contribution in [2.75, 3.05) is 0 Å². The Bertz CT molecular complexity index is 325. The van der Waals surface area contributed by atoms with Gasteiger partial charge < -0.3 is 0 Å². The van der Waals surface area contributed by atoms with Crippen molar-refractivity contribution in [3.05, 3.63) is 0 Å². The van der Waals surface area contributed by atoms with Crippen LogP contribution in [0.4, 0.5) is 0 Å². The fraction of sp³-hybridized carbons (Fsp3) is 0.818. The third-order valence-corrected chi connectivity index (χ3v) is 3.40. The number of isocyanates is 2. The first-order valence-corrected chi connectivity index (χ1v) is 5.17. The van der Waals surface area contributed by atoms with Crippen LogP contribution in [0.3, 0.4) is 0 Å². The molecule has 82 valence electrons. The SMILES string of the molecule is CC1C(N=C=O)CCC(C)(C)C1N=C=O. The van der Waals surface area contributed by atoms with E-state index in [4.69, 9.17) is 0 Å². The van der Waals surface area contributed by atoms with Gasteiger partial charge >= 0.3 is 0 Å². The Morgan fingerprint density at radius 2 is 1.80 bits per heavy atom. The minimum atomic E-state index is -0.106. The van der Waals surface area contributed by atoms with Crippen molar-refractivity contribution in [1.29, 1.82) is 0 Å². The molecule has 3 unspecified atom stereocenters. The van der Waals surface area contributed by atoms with Crippen molar-refractivity contribution < 1.29 is 9.59 Å². The lowest BCUT2D eigenvalue weighted by Gasteiger charge is -2.42. The zero-order valence-electron chi connectivity index (χ0n) is 9.36. The third kappa shape index (κ3) is 2.41. The normalized spacial score (nSPS) is 33.7. The van der Waals surface area contributed by atoms with E-state index in [9.17, 15) is 9.59 Å². The summed E-state index contributed by atoms with van der Waals surface area (Å²) in [6.45, 7) is 6.13. The predicted molar refractivity (Wildman–Crippen MR) is 56.0 cm³/mol. The maximum atomic E-state index is 10.4. The molecule has 0 aromatic heterocycles. The number of rotatable bonds is 2. The summed E-state index contributed by atoms with van der Waals surface area (Å²) in [5.74, 6) is 0.0941. The van der Waals surface area contributed by atoms with E-state index >= 15 is 0 Å². The molecule has 1 fully saturated rings. The van der Waals surface area contributed by atoms with E-state index in [1.54, 1.807) is 12.2 Å². The fourth-order valence-corrected chi connectivity index (χ4v) is 2.45. The van der Waals surface area contributed by atoms with Gasteiger partial charge in [0.05, 0.1) is 12.1 Å². The molecule has 3 atom stereocenters. The molecule has 0 bridgehead atoms. The number of nitrogens with zero attached hydrogens (tertiary/aromatic N) is 2. The van der Waals surface area contributed by atoms with Crippen LogP contribution in [0.15, 0.2) is 9.98 Å². The second kappa shape index (κ2) is 4.52. The lowest BCUT2D eigenvalue weighted by molar-refractivity contribution is 0.132. The highest BCUT2D eigenvalue weighted by Gasteiger charge is 2.42. The summed E-state index contributed by atoms with van der Waals surface area (Å²) >= 11 is 0. The van der Waals surface area contributed by atoms with Crippen LogP contribution in [-0.4, -0.2) is 24.2 Å². The van der Waals surface area contributed by atoms with Crippen LogP contribution in [0.25, 0.3) is 0 Å². The van der Waals surface area contributed by atoms with E-state index in [1.807, 2.05) is 6.92 Å². The van der Waals surface area contributed by atoms with Crippen LogP contribution in [0, 0.1) is 11.3 Å². The standard InChI is InChI=1S/C11H16N2O2/c1-8-9(12-6-14)4-5-11(2,3)10(8)13-7-15/h8-10H,4-5H2,1-3H3. The van der Waals surface area contributed by atoms with Gasteiger partial charge in [-0.05, 0) is 18.3 Å². The van der Waals surface area contributed by atoms with Gasteiger partial charge in [0.15, 0.2) is 0 Å². The fourth-order valence-electron chi connectivity index (χ4n) is 2.45. The first kappa shape index (κ1) is 11.8. The lowest BCUT2D eigenvalue weighted by Crippen LogP contribution is -2.43. The molecule has 1 aliphatic carbocycles. The first-order valence-electron chi connectivity index (χ1n) is 5.17. The van der Waals surface area contributed by atoms with Gasteiger partial charge in [-0.2, -0.15) is 0 Å². The highest BCUT2D eigenvalue weighted by atomic mass is 16.1. The van der Waals surface area contributed by atoms with Gasteiger partial charge in [0.2, 0.25) is 12.2 Å². The van der Waals surface area contributed by atoms with E-state index in [0.717, 1.165) is 12.8 Å². The van der Waals surface area contributed by atoms with Crippen molar-refractivity contribution >= 4 is 12.2 Å². The third-order valence-electron chi connectivity index (χ3n) is 3.40. The second-order valence-corrected chi connectivity index (χ2v) is 4.84. The number of aliphatic imine (C=N–C) groups is 2. The molecule has 0 aromatic rings. The Hall–Kier alpha value is -1.24. The molecule has 0 N–H and O–H groups in total. The molecule has 1 saturated carbocycles. The van der Waals surface area contributed by atoms with Crippen molar-refractivity contribution in [3.63, 3.8) is 0 Å². The van der Waals surface area contributed by atoms with E-state index in [-0.39, 0.29) is 23.4 Å². The summed E-state index contributed by atoms with van der Waals surface area (Å²) in [7, 11) is 0. The predicted octanol–water partition coefficient (Wildman–Crippen LogP) is 1.85. The molecule has 1 rings (SSSR count). The summed E-state index contributed by atoms with van der Waals surface area (Å²) in [6, 6.07) is -0.163. The summed E-state index contributed by atoms with van der Waals surface area (Å²) in [4.78, 5) is 28.2. The van der Waals surface area contributed by atoms with Crippen molar-refractivity contribution in [1.82, 2.24) is 0 Å². The van der Waals surface area contributed by atoms with Crippen molar-refractivity contribution in [2.45, 2.75) is 45.7 Å². The van der Waals surface area contributed by atoms with Gasteiger partial charge in [-0.3, -0.25) is 0 Å². The Kier molecular flexibility index (Phi) is 3.57. The topological polar surface area (TPSA) is 58.9 Å². The van der Waals surface area contributed by atoms with Crippen LogP contribution in [0.2, 0.25) is 0 Å².